The molecule has 8 heteroatoms. The standard InChI is InChI=1S/C14H11N5O3/c1-19-4-2-3-7(6-19)9-8(5-15)11(16)22-13-10(9)12(20)17-14(21)18-13/h2-4,6,9H,16H2,1H3,(H-,17,18,20,21)/p+1/t9-/m1/s1. The summed E-state index contributed by atoms with van der Waals surface area (Å²) in [7, 11) is 1.82. The fourth-order valence-corrected chi connectivity index (χ4v) is 2.50. The highest BCUT2D eigenvalue weighted by Crippen LogP contribution is 2.37. The second-order valence-electron chi connectivity index (χ2n) is 4.88. The van der Waals surface area contributed by atoms with E-state index in [2.05, 4.69) is 9.97 Å². The third kappa shape index (κ3) is 2.05. The first-order valence-electron chi connectivity index (χ1n) is 6.40. The van der Waals surface area contributed by atoms with Gasteiger partial charge in [-0.15, -0.1) is 0 Å². The van der Waals surface area contributed by atoms with Crippen LogP contribution in [0, 0.1) is 11.3 Å². The van der Waals surface area contributed by atoms with E-state index in [1.165, 1.54) is 0 Å². The number of aromatic nitrogens is 3. The zero-order valence-electron chi connectivity index (χ0n) is 11.6. The highest BCUT2D eigenvalue weighted by molar-refractivity contribution is 5.51. The SMILES string of the molecule is C[n+]1cccc([C@@H]2C(C#N)=C(N)Oc3[nH]c(=O)[nH]c(=O)c32)c1. The van der Waals surface area contributed by atoms with E-state index in [-0.39, 0.29) is 22.9 Å². The molecule has 0 radical (unpaired) electrons. The first-order chi connectivity index (χ1) is 10.5. The lowest BCUT2D eigenvalue weighted by Gasteiger charge is -2.23. The topological polar surface area (TPSA) is 129 Å². The molecule has 0 bridgehead atoms. The van der Waals surface area contributed by atoms with E-state index in [0.717, 1.165) is 0 Å². The lowest BCUT2D eigenvalue weighted by molar-refractivity contribution is -0.671. The number of aromatic amines is 2. The first-order valence-corrected chi connectivity index (χ1v) is 6.40. The van der Waals surface area contributed by atoms with Crippen LogP contribution in [0.5, 0.6) is 5.88 Å². The number of ether oxygens (including phenoxy) is 1. The quantitative estimate of drug-likeness (QED) is 0.588. The first kappa shape index (κ1) is 13.6. The fourth-order valence-electron chi connectivity index (χ4n) is 2.50. The molecule has 2 aromatic heterocycles. The molecule has 0 aromatic carbocycles. The molecule has 0 spiro atoms. The summed E-state index contributed by atoms with van der Waals surface area (Å²) in [4.78, 5) is 28.1. The van der Waals surface area contributed by atoms with Gasteiger partial charge < -0.3 is 10.5 Å². The molecule has 0 saturated heterocycles. The Morgan fingerprint density at radius 3 is 2.86 bits per heavy atom. The number of pyridine rings is 1. The molecule has 1 aliphatic rings. The molecule has 0 unspecified atom stereocenters. The van der Waals surface area contributed by atoms with Crippen molar-refractivity contribution in [3.8, 4) is 11.9 Å². The summed E-state index contributed by atoms with van der Waals surface area (Å²) in [6, 6.07) is 5.54. The highest BCUT2D eigenvalue weighted by atomic mass is 16.5. The number of fused-ring (bicyclic) bond motifs is 1. The van der Waals surface area contributed by atoms with Crippen LogP contribution < -0.4 is 26.3 Å². The van der Waals surface area contributed by atoms with Crippen LogP contribution in [-0.4, -0.2) is 9.97 Å². The monoisotopic (exact) mass is 298 g/mol. The van der Waals surface area contributed by atoms with Gasteiger partial charge in [-0.2, -0.15) is 5.26 Å². The highest BCUT2D eigenvalue weighted by Gasteiger charge is 2.35. The molecule has 3 rings (SSSR count). The van der Waals surface area contributed by atoms with E-state index in [0.29, 0.717) is 5.56 Å². The minimum absolute atomic E-state index is 0.0400. The number of nitrogens with one attached hydrogen (secondary N) is 2. The zero-order valence-corrected chi connectivity index (χ0v) is 11.6. The predicted octanol–water partition coefficient (Wildman–Crippen LogP) is -0.894. The summed E-state index contributed by atoms with van der Waals surface area (Å²) in [5.41, 5.74) is 5.41. The van der Waals surface area contributed by atoms with Gasteiger partial charge in [0.05, 0.1) is 11.5 Å². The van der Waals surface area contributed by atoms with Crippen molar-refractivity contribution in [2.75, 3.05) is 0 Å². The van der Waals surface area contributed by atoms with Crippen molar-refractivity contribution in [3.05, 3.63) is 67.9 Å². The van der Waals surface area contributed by atoms with Crippen LogP contribution in [0.1, 0.15) is 17.0 Å². The maximum Gasteiger partial charge on any atom is 0.328 e. The molecule has 4 N–H and O–H groups in total. The zero-order chi connectivity index (χ0) is 15.9. The van der Waals surface area contributed by atoms with Gasteiger partial charge in [0, 0.05) is 11.6 Å². The number of nitrogens with two attached hydrogens (primary N) is 1. The Morgan fingerprint density at radius 1 is 1.41 bits per heavy atom. The molecule has 8 nitrogen and oxygen atoms in total. The molecular weight excluding hydrogens is 286 g/mol. The summed E-state index contributed by atoms with van der Waals surface area (Å²) in [6.45, 7) is 0. The van der Waals surface area contributed by atoms with Gasteiger partial charge in [-0.3, -0.25) is 14.8 Å². The Labute approximate surface area is 124 Å². The summed E-state index contributed by atoms with van der Waals surface area (Å²) in [5, 5.41) is 9.37. The molecular formula is C14H12N5O3+. The second-order valence-corrected chi connectivity index (χ2v) is 4.88. The van der Waals surface area contributed by atoms with Crippen LogP contribution in [0.2, 0.25) is 0 Å². The number of aryl methyl sites for hydroxylation is 1. The molecule has 0 saturated carbocycles. The van der Waals surface area contributed by atoms with Gasteiger partial charge in [-0.25, -0.2) is 9.36 Å². The third-order valence-electron chi connectivity index (χ3n) is 3.41. The minimum atomic E-state index is -0.707. The number of hydrogen-bond acceptors (Lipinski definition) is 5. The van der Waals surface area contributed by atoms with Crippen molar-refractivity contribution < 1.29 is 9.30 Å². The fraction of sp³-hybridized carbons (Fsp3) is 0.143. The van der Waals surface area contributed by atoms with Gasteiger partial charge >= 0.3 is 5.69 Å². The van der Waals surface area contributed by atoms with Gasteiger partial charge in [0.1, 0.15) is 18.7 Å². The predicted molar refractivity (Wildman–Crippen MR) is 74.6 cm³/mol. The number of nitriles is 1. The average Bonchev–Trinajstić information content (AvgIpc) is 2.45. The van der Waals surface area contributed by atoms with E-state index in [9.17, 15) is 14.9 Å². The van der Waals surface area contributed by atoms with Gasteiger partial charge in [0.25, 0.3) is 5.56 Å². The number of nitrogens with zero attached hydrogens (tertiary/aromatic N) is 2. The minimum Gasteiger partial charge on any atom is -0.424 e. The van der Waals surface area contributed by atoms with E-state index < -0.39 is 17.2 Å². The summed E-state index contributed by atoms with van der Waals surface area (Å²) in [6.07, 6.45) is 3.59. The normalized spacial score (nSPS) is 16.6. The molecule has 0 aliphatic carbocycles. The molecule has 2 aromatic rings. The third-order valence-corrected chi connectivity index (χ3v) is 3.41. The molecule has 0 amide bonds. The maximum atomic E-state index is 12.2. The number of hydrogen-bond donors (Lipinski definition) is 3. The van der Waals surface area contributed by atoms with Crippen molar-refractivity contribution in [3.63, 3.8) is 0 Å². The number of rotatable bonds is 1. The average molecular weight is 298 g/mol. The summed E-state index contributed by atoms with van der Waals surface area (Å²) < 4.78 is 7.02. The Morgan fingerprint density at radius 2 is 2.18 bits per heavy atom. The lowest BCUT2D eigenvalue weighted by Crippen LogP contribution is -2.34. The van der Waals surface area contributed by atoms with Crippen molar-refractivity contribution >= 4 is 0 Å². The van der Waals surface area contributed by atoms with E-state index in [1.54, 1.807) is 22.9 Å². The lowest BCUT2D eigenvalue weighted by atomic mass is 9.86. The summed E-state index contributed by atoms with van der Waals surface area (Å²) in [5.74, 6) is -0.878. The van der Waals surface area contributed by atoms with Gasteiger partial charge in [0.2, 0.25) is 11.8 Å². The molecule has 1 aliphatic heterocycles. The van der Waals surface area contributed by atoms with E-state index >= 15 is 0 Å². The van der Waals surface area contributed by atoms with E-state index in [1.807, 2.05) is 19.3 Å². The Hall–Kier alpha value is -3.34. The largest absolute Gasteiger partial charge is 0.424 e. The van der Waals surface area contributed by atoms with Crippen LogP contribution in [0.3, 0.4) is 0 Å². The van der Waals surface area contributed by atoms with Crippen LogP contribution in [-0.2, 0) is 7.05 Å². The molecule has 1 atom stereocenters. The Bertz CT molecular complexity index is 948. The van der Waals surface area contributed by atoms with Crippen LogP contribution >= 0.6 is 0 Å². The molecule has 22 heavy (non-hydrogen) atoms. The maximum absolute atomic E-state index is 12.2. The van der Waals surface area contributed by atoms with Crippen LogP contribution in [0.4, 0.5) is 0 Å². The Kier molecular flexibility index (Phi) is 3.03. The molecule has 110 valence electrons. The van der Waals surface area contributed by atoms with Crippen LogP contribution in [0.25, 0.3) is 0 Å². The van der Waals surface area contributed by atoms with Crippen molar-refractivity contribution in [1.29, 1.82) is 5.26 Å². The van der Waals surface area contributed by atoms with Gasteiger partial charge in [-0.05, 0) is 6.07 Å². The Balaban J connectivity index is 2.34. The van der Waals surface area contributed by atoms with Gasteiger partial charge in [-0.1, -0.05) is 0 Å². The van der Waals surface area contributed by atoms with Crippen LogP contribution in [0.15, 0.2) is 45.6 Å². The van der Waals surface area contributed by atoms with Crippen molar-refractivity contribution in [2.24, 2.45) is 12.8 Å². The number of allylic oxidation sites excluding steroid dienone is 1. The summed E-state index contributed by atoms with van der Waals surface area (Å²) >= 11 is 0. The smallest absolute Gasteiger partial charge is 0.328 e. The van der Waals surface area contributed by atoms with Crippen molar-refractivity contribution in [1.82, 2.24) is 9.97 Å². The van der Waals surface area contributed by atoms with Gasteiger partial charge in [0.15, 0.2) is 12.4 Å². The van der Waals surface area contributed by atoms with Crippen molar-refractivity contribution in [2.45, 2.75) is 5.92 Å². The molecule has 3 heterocycles. The van der Waals surface area contributed by atoms with E-state index in [4.69, 9.17) is 10.5 Å². The molecule has 0 fully saturated rings. The second kappa shape index (κ2) is 4.89. The number of H-pyrrole nitrogens is 2.